The summed E-state index contributed by atoms with van der Waals surface area (Å²) in [6.45, 7) is 12.4. The average Bonchev–Trinajstić information content (AvgIpc) is 2.47. The van der Waals surface area contributed by atoms with Gasteiger partial charge >= 0.3 is 0 Å². The molecule has 116 valence electrons. The van der Waals surface area contributed by atoms with E-state index in [0.717, 1.165) is 37.5 Å². The molecule has 0 aromatic carbocycles. The first kappa shape index (κ1) is 19.6. The fourth-order valence-corrected chi connectivity index (χ4v) is 2.66. The Morgan fingerprint density at radius 3 is 2.10 bits per heavy atom. The highest BCUT2D eigenvalue weighted by Crippen LogP contribution is 2.19. The van der Waals surface area contributed by atoms with E-state index in [1.807, 2.05) is 0 Å². The third-order valence-corrected chi connectivity index (χ3v) is 4.32. The Bertz CT molecular complexity index is 242. The van der Waals surface area contributed by atoms with Gasteiger partial charge in [-0.05, 0) is 24.7 Å². The van der Waals surface area contributed by atoms with E-state index in [1.165, 1.54) is 51.4 Å². The lowest BCUT2D eigenvalue weighted by molar-refractivity contribution is 0.419. The number of hydrogen-bond donors (Lipinski definition) is 0. The summed E-state index contributed by atoms with van der Waals surface area (Å²) in [4.78, 5) is 0. The lowest BCUT2D eigenvalue weighted by Crippen LogP contribution is -1.99. The summed E-state index contributed by atoms with van der Waals surface area (Å²) < 4.78 is 0. The summed E-state index contributed by atoms with van der Waals surface area (Å²) in [5.41, 5.74) is 0. The summed E-state index contributed by atoms with van der Waals surface area (Å²) in [6, 6.07) is 0. The lowest BCUT2D eigenvalue weighted by atomic mass is 9.93. The van der Waals surface area contributed by atoms with E-state index < -0.39 is 0 Å². The summed E-state index contributed by atoms with van der Waals surface area (Å²) >= 11 is 0. The minimum Gasteiger partial charge on any atom is -0.103 e. The predicted octanol–water partition coefficient (Wildman–Crippen LogP) is 6.61. The maximum Gasteiger partial charge on any atom is 0.0117 e. The molecule has 20 heavy (non-hydrogen) atoms. The van der Waals surface area contributed by atoms with Crippen molar-refractivity contribution >= 4 is 0 Å². The molecule has 0 aromatic heterocycles. The molecule has 0 aromatic rings. The van der Waals surface area contributed by atoms with Crippen molar-refractivity contribution in [3.8, 4) is 11.8 Å². The maximum absolute atomic E-state index is 3.94. The van der Waals surface area contributed by atoms with Gasteiger partial charge < -0.3 is 0 Å². The van der Waals surface area contributed by atoms with Crippen molar-refractivity contribution < 1.29 is 0 Å². The largest absolute Gasteiger partial charge is 0.103 e. The van der Waals surface area contributed by atoms with E-state index in [2.05, 4.69) is 39.5 Å². The molecule has 0 fully saturated rings. The molecule has 0 spiro atoms. The van der Waals surface area contributed by atoms with Crippen LogP contribution in [0.1, 0.15) is 90.9 Å². The quantitative estimate of drug-likeness (QED) is 0.278. The highest BCUT2D eigenvalue weighted by molar-refractivity contribution is 5.00. The monoisotopic (exact) mass is 276 g/mol. The standard InChI is InChI=1S/C20H36/c1-5-9-10-12-17-20(8-4)18-14-11-13-16-19(7-3)15-6-2/h19-20H,1-2,5-10,12,14-18H2,3-4H3. The number of rotatable bonds is 12. The minimum atomic E-state index is 0.768. The van der Waals surface area contributed by atoms with Crippen molar-refractivity contribution in [1.82, 2.24) is 0 Å². The van der Waals surface area contributed by atoms with Crippen molar-refractivity contribution in [2.24, 2.45) is 11.8 Å². The Morgan fingerprint density at radius 2 is 1.50 bits per heavy atom. The molecule has 0 aliphatic heterocycles. The molecular weight excluding hydrogens is 240 g/mol. The van der Waals surface area contributed by atoms with Crippen LogP contribution in [0.5, 0.6) is 0 Å². The predicted molar refractivity (Wildman–Crippen MR) is 92.2 cm³/mol. The van der Waals surface area contributed by atoms with Crippen molar-refractivity contribution in [3.63, 3.8) is 0 Å². The molecule has 2 unspecified atom stereocenters. The molecule has 2 radical (unpaired) electrons. The summed E-state index contributed by atoms with van der Waals surface area (Å²) in [7, 11) is 0. The van der Waals surface area contributed by atoms with Crippen molar-refractivity contribution in [3.05, 3.63) is 13.8 Å². The van der Waals surface area contributed by atoms with Gasteiger partial charge in [-0.3, -0.25) is 0 Å². The van der Waals surface area contributed by atoms with Gasteiger partial charge in [-0.2, -0.15) is 0 Å². The van der Waals surface area contributed by atoms with E-state index >= 15 is 0 Å². The molecule has 0 N–H and O–H groups in total. The van der Waals surface area contributed by atoms with Gasteiger partial charge in [0.15, 0.2) is 0 Å². The van der Waals surface area contributed by atoms with Crippen molar-refractivity contribution in [2.45, 2.75) is 90.9 Å². The second-order valence-electron chi connectivity index (χ2n) is 5.99. The molecule has 0 heteroatoms. The lowest BCUT2D eigenvalue weighted by Gasteiger charge is -2.12. The van der Waals surface area contributed by atoms with Crippen LogP contribution in [0.15, 0.2) is 0 Å². The van der Waals surface area contributed by atoms with Gasteiger partial charge in [-0.1, -0.05) is 79.1 Å². The van der Waals surface area contributed by atoms with E-state index in [4.69, 9.17) is 0 Å². The van der Waals surface area contributed by atoms with Crippen LogP contribution in [-0.2, 0) is 0 Å². The van der Waals surface area contributed by atoms with Gasteiger partial charge in [0.1, 0.15) is 0 Å². The Kier molecular flexibility index (Phi) is 14.6. The summed E-state index contributed by atoms with van der Waals surface area (Å²) in [6.07, 6.45) is 14.8. The highest BCUT2D eigenvalue weighted by atomic mass is 14.1. The van der Waals surface area contributed by atoms with Crippen LogP contribution in [0, 0.1) is 37.5 Å². The smallest absolute Gasteiger partial charge is 0.0117 e. The van der Waals surface area contributed by atoms with Crippen LogP contribution in [-0.4, -0.2) is 0 Å². The third kappa shape index (κ3) is 11.4. The van der Waals surface area contributed by atoms with Gasteiger partial charge in [-0.25, -0.2) is 0 Å². The Hall–Kier alpha value is -0.440. The van der Waals surface area contributed by atoms with Crippen molar-refractivity contribution in [1.29, 1.82) is 0 Å². The van der Waals surface area contributed by atoms with Crippen LogP contribution < -0.4 is 0 Å². The molecular formula is C20H36. The van der Waals surface area contributed by atoms with E-state index in [-0.39, 0.29) is 0 Å². The summed E-state index contributed by atoms with van der Waals surface area (Å²) in [5.74, 6) is 8.44. The zero-order valence-corrected chi connectivity index (χ0v) is 14.1. The molecule has 2 atom stereocenters. The van der Waals surface area contributed by atoms with Crippen LogP contribution in [0.3, 0.4) is 0 Å². The number of unbranched alkanes of at least 4 members (excludes halogenated alkanes) is 3. The van der Waals surface area contributed by atoms with Crippen molar-refractivity contribution in [2.75, 3.05) is 0 Å². The molecule has 0 rings (SSSR count). The van der Waals surface area contributed by atoms with E-state index in [1.54, 1.807) is 0 Å². The van der Waals surface area contributed by atoms with Crippen LogP contribution in [0.25, 0.3) is 0 Å². The molecule has 0 aliphatic carbocycles. The van der Waals surface area contributed by atoms with E-state index in [9.17, 15) is 0 Å². The number of hydrogen-bond acceptors (Lipinski definition) is 0. The van der Waals surface area contributed by atoms with Gasteiger partial charge in [0.2, 0.25) is 0 Å². The zero-order chi connectivity index (χ0) is 15.1. The van der Waals surface area contributed by atoms with Gasteiger partial charge in [0.25, 0.3) is 0 Å². The highest BCUT2D eigenvalue weighted by Gasteiger charge is 2.05. The topological polar surface area (TPSA) is 0 Å². The van der Waals surface area contributed by atoms with Gasteiger partial charge in [0, 0.05) is 12.8 Å². The van der Waals surface area contributed by atoms with Crippen LogP contribution >= 0.6 is 0 Å². The fraction of sp³-hybridized carbons (Fsp3) is 0.800. The zero-order valence-electron chi connectivity index (χ0n) is 14.1. The normalized spacial score (nSPS) is 13.6. The van der Waals surface area contributed by atoms with E-state index in [0.29, 0.717) is 0 Å². The maximum atomic E-state index is 3.94. The van der Waals surface area contributed by atoms with Gasteiger partial charge in [-0.15, -0.1) is 11.8 Å². The minimum absolute atomic E-state index is 0.768. The molecule has 0 heterocycles. The third-order valence-electron chi connectivity index (χ3n) is 4.32. The fourth-order valence-electron chi connectivity index (χ4n) is 2.66. The van der Waals surface area contributed by atoms with Crippen LogP contribution in [0.2, 0.25) is 0 Å². The Morgan fingerprint density at radius 1 is 0.750 bits per heavy atom. The molecule has 0 bridgehead atoms. The Labute approximate surface area is 129 Å². The molecule has 0 aliphatic rings. The molecule has 0 amide bonds. The van der Waals surface area contributed by atoms with Gasteiger partial charge in [0.05, 0.1) is 0 Å². The second kappa shape index (κ2) is 15.0. The average molecular weight is 277 g/mol. The first-order valence-corrected chi connectivity index (χ1v) is 8.82. The molecule has 0 saturated carbocycles. The Balaban J connectivity index is 3.73. The first-order chi connectivity index (χ1) is 9.78. The molecule has 0 nitrogen and oxygen atoms in total. The summed E-state index contributed by atoms with van der Waals surface area (Å²) in [5, 5.41) is 0. The molecule has 0 saturated heterocycles. The van der Waals surface area contributed by atoms with Crippen LogP contribution in [0.4, 0.5) is 0 Å². The first-order valence-electron chi connectivity index (χ1n) is 8.82. The second-order valence-corrected chi connectivity index (χ2v) is 5.99. The SMILES string of the molecule is [CH2]CCCCCC(CC)CCC#CCC(CC)CC[CH2].